The van der Waals surface area contributed by atoms with Gasteiger partial charge in [0.05, 0.1) is 19.3 Å². The van der Waals surface area contributed by atoms with Crippen LogP contribution in [-0.2, 0) is 9.47 Å². The Balaban J connectivity index is 0.00000280. The number of morpholine rings is 1. The van der Waals surface area contributed by atoms with Crippen LogP contribution in [0.4, 0.5) is 0 Å². The number of nitrogens with one attached hydrogen (secondary N) is 2. The summed E-state index contributed by atoms with van der Waals surface area (Å²) in [6, 6.07) is 4.71. The summed E-state index contributed by atoms with van der Waals surface area (Å²) in [4.78, 5) is 8.36. The quantitative estimate of drug-likeness (QED) is 0.315. The van der Waals surface area contributed by atoms with Crippen molar-refractivity contribution >= 4 is 53.0 Å². The van der Waals surface area contributed by atoms with Gasteiger partial charge in [-0.15, -0.1) is 35.3 Å². The van der Waals surface area contributed by atoms with Gasteiger partial charge in [0.25, 0.3) is 0 Å². The highest BCUT2D eigenvalue weighted by molar-refractivity contribution is 14.0. The third kappa shape index (κ3) is 6.73. The van der Waals surface area contributed by atoms with Crippen molar-refractivity contribution in [1.29, 1.82) is 0 Å². The van der Waals surface area contributed by atoms with Crippen molar-refractivity contribution in [3.05, 3.63) is 22.4 Å². The largest absolute Gasteiger partial charge is 0.381 e. The molecule has 2 saturated heterocycles. The molecule has 2 N–H and O–H groups in total. The number of thioether (sulfide) groups is 1. The lowest BCUT2D eigenvalue weighted by molar-refractivity contribution is 0.0177. The van der Waals surface area contributed by atoms with Gasteiger partial charge in [0.2, 0.25) is 0 Å². The third-order valence-corrected chi connectivity index (χ3v) is 7.85. The van der Waals surface area contributed by atoms with Crippen molar-refractivity contribution in [2.24, 2.45) is 4.99 Å². The number of hydrogen-bond donors (Lipinski definition) is 2. The molecule has 0 spiro atoms. The van der Waals surface area contributed by atoms with Gasteiger partial charge in [-0.1, -0.05) is 6.07 Å². The topological polar surface area (TPSA) is 58.1 Å². The maximum Gasteiger partial charge on any atom is 0.191 e. The number of aliphatic imine (C=N–C) groups is 1. The van der Waals surface area contributed by atoms with Gasteiger partial charge in [0.1, 0.15) is 0 Å². The zero-order chi connectivity index (χ0) is 19.0. The minimum Gasteiger partial charge on any atom is -0.381 e. The van der Waals surface area contributed by atoms with Crippen LogP contribution in [0.3, 0.4) is 0 Å². The molecular formula is C19H33IN4O2S2. The highest BCUT2D eigenvalue weighted by Gasteiger charge is 2.32. The summed E-state index contributed by atoms with van der Waals surface area (Å²) in [5.41, 5.74) is 0. The number of nitrogens with zero attached hydrogens (tertiary/aromatic N) is 2. The SMILES string of the molecule is CN=C(NCC(c1cccs1)N1CCOCC1)NCC1(SC)CCOCC1.I. The molecule has 0 radical (unpaired) electrons. The molecule has 0 aliphatic carbocycles. The normalized spacial score (nSPS) is 21.6. The number of hydrogen-bond acceptors (Lipinski definition) is 6. The van der Waals surface area contributed by atoms with E-state index in [0.717, 1.165) is 71.4 Å². The second kappa shape index (κ2) is 12.6. The summed E-state index contributed by atoms with van der Waals surface area (Å²) in [7, 11) is 1.85. The number of rotatable bonds is 7. The monoisotopic (exact) mass is 540 g/mol. The number of halogens is 1. The van der Waals surface area contributed by atoms with Crippen LogP contribution in [0.1, 0.15) is 23.8 Å². The molecule has 3 rings (SSSR count). The van der Waals surface area contributed by atoms with E-state index in [1.165, 1.54) is 4.88 Å². The lowest BCUT2D eigenvalue weighted by Gasteiger charge is -2.37. The Labute approximate surface area is 194 Å². The molecule has 1 unspecified atom stereocenters. The van der Waals surface area contributed by atoms with Crippen molar-refractivity contribution < 1.29 is 9.47 Å². The van der Waals surface area contributed by atoms with E-state index in [4.69, 9.17) is 9.47 Å². The van der Waals surface area contributed by atoms with Crippen LogP contribution in [0.15, 0.2) is 22.5 Å². The summed E-state index contributed by atoms with van der Waals surface area (Å²) in [6.07, 6.45) is 4.38. The Kier molecular flexibility index (Phi) is 10.9. The minimum atomic E-state index is 0. The molecule has 160 valence electrons. The summed E-state index contributed by atoms with van der Waals surface area (Å²) >= 11 is 3.77. The molecule has 2 fully saturated rings. The van der Waals surface area contributed by atoms with Gasteiger partial charge >= 0.3 is 0 Å². The Hall–Kier alpha value is -0.0700. The lowest BCUT2D eigenvalue weighted by atomic mass is 9.99. The van der Waals surface area contributed by atoms with Gasteiger partial charge in [0.15, 0.2) is 5.96 Å². The Morgan fingerprint density at radius 2 is 1.96 bits per heavy atom. The average Bonchev–Trinajstić information content (AvgIpc) is 3.26. The summed E-state index contributed by atoms with van der Waals surface area (Å²) < 4.78 is 11.3. The highest BCUT2D eigenvalue weighted by atomic mass is 127. The predicted octanol–water partition coefficient (Wildman–Crippen LogP) is 2.82. The van der Waals surface area contributed by atoms with Crippen molar-refractivity contribution in [1.82, 2.24) is 15.5 Å². The Bertz CT molecular complexity index is 576. The first kappa shape index (κ1) is 24.2. The van der Waals surface area contributed by atoms with E-state index in [0.29, 0.717) is 6.04 Å². The van der Waals surface area contributed by atoms with Crippen molar-refractivity contribution in [2.45, 2.75) is 23.6 Å². The van der Waals surface area contributed by atoms with Crippen molar-refractivity contribution in [3.8, 4) is 0 Å². The molecule has 2 aliphatic rings. The first-order chi connectivity index (χ1) is 13.3. The van der Waals surface area contributed by atoms with E-state index < -0.39 is 0 Å². The average molecular weight is 541 g/mol. The maximum atomic E-state index is 5.55. The number of guanidine groups is 1. The van der Waals surface area contributed by atoms with Crippen molar-refractivity contribution in [2.75, 3.05) is 65.9 Å². The van der Waals surface area contributed by atoms with Gasteiger partial charge in [0, 0.05) is 56.1 Å². The van der Waals surface area contributed by atoms with Crippen LogP contribution in [0.2, 0.25) is 0 Å². The molecule has 1 aromatic heterocycles. The van der Waals surface area contributed by atoms with E-state index in [9.17, 15) is 0 Å². The summed E-state index contributed by atoms with van der Waals surface area (Å²) in [5, 5.41) is 9.27. The summed E-state index contributed by atoms with van der Waals surface area (Å²) in [6.45, 7) is 7.05. The van der Waals surface area contributed by atoms with Crippen LogP contribution in [-0.4, -0.2) is 81.5 Å². The van der Waals surface area contributed by atoms with Gasteiger partial charge in [-0.05, 0) is 30.5 Å². The molecule has 1 atom stereocenters. The molecule has 0 saturated carbocycles. The second-order valence-corrected chi connectivity index (χ2v) is 9.24. The molecule has 0 aromatic carbocycles. The molecule has 28 heavy (non-hydrogen) atoms. The van der Waals surface area contributed by atoms with E-state index in [-0.39, 0.29) is 28.7 Å². The zero-order valence-electron chi connectivity index (χ0n) is 16.8. The second-order valence-electron chi connectivity index (χ2n) is 6.99. The predicted molar refractivity (Wildman–Crippen MR) is 131 cm³/mol. The van der Waals surface area contributed by atoms with Crippen LogP contribution >= 0.6 is 47.1 Å². The molecule has 2 aliphatic heterocycles. The maximum absolute atomic E-state index is 5.55. The molecule has 0 amide bonds. The number of ether oxygens (including phenoxy) is 2. The van der Waals surface area contributed by atoms with Gasteiger partial charge in [-0.2, -0.15) is 11.8 Å². The smallest absolute Gasteiger partial charge is 0.191 e. The van der Waals surface area contributed by atoms with E-state index in [1.807, 2.05) is 30.1 Å². The fraction of sp³-hybridized carbons (Fsp3) is 0.737. The first-order valence-electron chi connectivity index (χ1n) is 9.69. The van der Waals surface area contributed by atoms with Gasteiger partial charge < -0.3 is 20.1 Å². The molecule has 0 bridgehead atoms. The minimum absolute atomic E-state index is 0. The fourth-order valence-electron chi connectivity index (χ4n) is 3.63. The van der Waals surface area contributed by atoms with Crippen LogP contribution in [0.5, 0.6) is 0 Å². The standard InChI is InChI=1S/C19H32N4O2S2.HI/c1-20-18(22-15-19(26-2)5-9-24-10-6-19)21-14-16(17-4-3-13-27-17)23-7-11-25-12-8-23;/h3-4,13,16H,5-12,14-15H2,1-2H3,(H2,20,21,22);1H. The Morgan fingerprint density at radius 1 is 1.25 bits per heavy atom. The van der Waals surface area contributed by atoms with E-state index >= 15 is 0 Å². The highest BCUT2D eigenvalue weighted by Crippen LogP contribution is 2.33. The molecule has 3 heterocycles. The Morgan fingerprint density at radius 3 is 2.57 bits per heavy atom. The van der Waals surface area contributed by atoms with Gasteiger partial charge in [-0.3, -0.25) is 9.89 Å². The summed E-state index contributed by atoms with van der Waals surface area (Å²) in [5.74, 6) is 0.879. The van der Waals surface area contributed by atoms with Crippen LogP contribution < -0.4 is 10.6 Å². The van der Waals surface area contributed by atoms with Crippen LogP contribution in [0.25, 0.3) is 0 Å². The molecule has 1 aromatic rings. The van der Waals surface area contributed by atoms with Crippen molar-refractivity contribution in [3.63, 3.8) is 0 Å². The lowest BCUT2D eigenvalue weighted by Crippen LogP contribution is -2.50. The molecular weight excluding hydrogens is 507 g/mol. The molecule has 6 nitrogen and oxygen atoms in total. The van der Waals surface area contributed by atoms with Crippen LogP contribution in [0, 0.1) is 0 Å². The first-order valence-corrected chi connectivity index (χ1v) is 11.8. The molecule has 9 heteroatoms. The van der Waals surface area contributed by atoms with Gasteiger partial charge in [-0.25, -0.2) is 0 Å². The fourth-order valence-corrected chi connectivity index (χ4v) is 5.29. The third-order valence-electron chi connectivity index (χ3n) is 5.46. The van der Waals surface area contributed by atoms with E-state index in [2.05, 4.69) is 44.3 Å². The number of thiophene rings is 1. The van der Waals surface area contributed by atoms with E-state index in [1.54, 1.807) is 0 Å². The zero-order valence-corrected chi connectivity index (χ0v) is 20.8.